The maximum Gasteiger partial charge on any atom is 0.427 e. The lowest BCUT2D eigenvalue weighted by Gasteiger charge is -2.41. The van der Waals surface area contributed by atoms with E-state index in [1.54, 1.807) is 0 Å². The van der Waals surface area contributed by atoms with Gasteiger partial charge in [-0.3, -0.25) is 9.62 Å². The second-order valence-corrected chi connectivity index (χ2v) is 14.0. The summed E-state index contributed by atoms with van der Waals surface area (Å²) in [6, 6.07) is 2.43. The lowest BCUT2D eigenvalue weighted by atomic mass is 10.1. The van der Waals surface area contributed by atoms with Gasteiger partial charge in [0.2, 0.25) is 5.60 Å². The van der Waals surface area contributed by atoms with Crippen LogP contribution in [0, 0.1) is 6.92 Å². The average molecular weight is 633 g/mol. The molecule has 1 aromatic heterocycles. The number of anilines is 2. The maximum atomic E-state index is 13.9. The van der Waals surface area contributed by atoms with E-state index in [1.807, 2.05) is 0 Å². The number of sulfone groups is 1. The second-order valence-electron chi connectivity index (χ2n) is 9.76. The van der Waals surface area contributed by atoms with Crippen LogP contribution in [0.2, 0.25) is 0 Å². The molecule has 0 saturated heterocycles. The first-order valence-electron chi connectivity index (χ1n) is 12.2. The Bertz CT molecular complexity index is 1510. The average Bonchev–Trinajstić information content (AvgIpc) is 3.24. The number of rotatable bonds is 9. The SMILES string of the molecule is CCS(=O)(=O)CC[C@@H]1Oc2ccc(NC(=O)OC(C)(C)C(F)(F)F)cc2N(S(=O)(=O)c2cn(C(F)F)nc2C)[C@@H]1C. The molecular formula is C23H29F5N4O7S2. The van der Waals surface area contributed by atoms with Crippen molar-refractivity contribution in [1.29, 1.82) is 0 Å². The molecule has 2 heterocycles. The van der Waals surface area contributed by atoms with Crippen molar-refractivity contribution in [1.82, 2.24) is 9.78 Å². The first-order valence-corrected chi connectivity index (χ1v) is 15.4. The monoisotopic (exact) mass is 632 g/mol. The molecule has 1 N–H and O–H groups in total. The fourth-order valence-corrected chi connectivity index (χ4v) is 6.67. The van der Waals surface area contributed by atoms with Crippen molar-refractivity contribution in [2.45, 2.75) is 76.4 Å². The molecule has 1 amide bonds. The van der Waals surface area contributed by atoms with Gasteiger partial charge in [-0.1, -0.05) is 6.92 Å². The maximum absolute atomic E-state index is 13.9. The number of hydrogen-bond acceptors (Lipinski definition) is 8. The highest BCUT2D eigenvalue weighted by Gasteiger charge is 2.51. The van der Waals surface area contributed by atoms with Crippen LogP contribution < -0.4 is 14.4 Å². The second kappa shape index (κ2) is 11.3. The van der Waals surface area contributed by atoms with E-state index < -0.39 is 61.3 Å². The Balaban J connectivity index is 2.06. The Kier molecular flexibility index (Phi) is 8.89. The molecule has 3 rings (SSSR count). The first kappa shape index (κ1) is 32.4. The van der Waals surface area contributed by atoms with Crippen LogP contribution in [0.15, 0.2) is 29.3 Å². The van der Waals surface area contributed by atoms with E-state index in [2.05, 4.69) is 15.2 Å². The van der Waals surface area contributed by atoms with Crippen molar-refractivity contribution in [2.24, 2.45) is 0 Å². The van der Waals surface area contributed by atoms with Gasteiger partial charge in [0.25, 0.3) is 10.0 Å². The quantitative estimate of drug-likeness (QED) is 0.395. The molecule has 0 radical (unpaired) electrons. The predicted octanol–water partition coefficient (Wildman–Crippen LogP) is 4.65. The van der Waals surface area contributed by atoms with E-state index in [9.17, 15) is 43.6 Å². The van der Waals surface area contributed by atoms with Crippen LogP contribution in [0.25, 0.3) is 0 Å². The molecule has 0 fully saturated rings. The molecule has 11 nitrogen and oxygen atoms in total. The van der Waals surface area contributed by atoms with Crippen LogP contribution in [0.4, 0.5) is 38.1 Å². The number of sulfonamides is 1. The van der Waals surface area contributed by atoms with Gasteiger partial charge in [-0.25, -0.2) is 26.3 Å². The van der Waals surface area contributed by atoms with Gasteiger partial charge in [-0.2, -0.15) is 27.1 Å². The zero-order valence-electron chi connectivity index (χ0n) is 22.6. The fourth-order valence-electron chi connectivity index (χ4n) is 3.94. The number of ether oxygens (including phenoxy) is 2. The normalized spacial score (nSPS) is 18.2. The summed E-state index contributed by atoms with van der Waals surface area (Å²) in [5, 5.41) is 5.65. The third-order valence-corrected chi connectivity index (χ3v) is 10.2. The van der Waals surface area contributed by atoms with Gasteiger partial charge in [0.05, 0.1) is 29.4 Å². The van der Waals surface area contributed by atoms with Gasteiger partial charge in [0.15, 0.2) is 0 Å². The summed E-state index contributed by atoms with van der Waals surface area (Å²) >= 11 is 0. The summed E-state index contributed by atoms with van der Waals surface area (Å²) in [5.41, 5.74) is -3.45. The number of alkyl halides is 5. The first-order chi connectivity index (χ1) is 18.7. The topological polar surface area (TPSA) is 137 Å². The van der Waals surface area contributed by atoms with Gasteiger partial charge in [-0.15, -0.1) is 0 Å². The number of nitrogens with one attached hydrogen (secondary N) is 1. The number of fused-ring (bicyclic) bond motifs is 1. The van der Waals surface area contributed by atoms with Gasteiger partial charge < -0.3 is 9.47 Å². The molecule has 1 aromatic carbocycles. The Morgan fingerprint density at radius 2 is 1.83 bits per heavy atom. The highest BCUT2D eigenvalue weighted by atomic mass is 32.2. The fraction of sp³-hybridized carbons (Fsp3) is 0.565. The Labute approximate surface area is 233 Å². The summed E-state index contributed by atoms with van der Waals surface area (Å²) in [6.45, 7) is 2.22. The highest BCUT2D eigenvalue weighted by molar-refractivity contribution is 7.93. The molecule has 1 aliphatic rings. The number of amides is 1. The summed E-state index contributed by atoms with van der Waals surface area (Å²) in [4.78, 5) is 11.7. The molecule has 1 aliphatic heterocycles. The molecule has 41 heavy (non-hydrogen) atoms. The van der Waals surface area contributed by atoms with Crippen LogP contribution in [-0.4, -0.2) is 68.1 Å². The standard InChI is InChI=1S/C23H29F5N4O7S2/c1-6-40(34,35)10-9-17-14(3)32(41(36,37)19-12-31(20(24)25)30-13(19)2)16-11-15(7-8-18(16)38-17)29-21(33)39-22(4,5)23(26,27)28/h7-8,11-12,14,17,20H,6,9-10H2,1-5H3,(H,29,33)/t14-,17+/m1/s1. The highest BCUT2D eigenvalue weighted by Crippen LogP contribution is 2.43. The Hall–Kier alpha value is -3.15. The third-order valence-electron chi connectivity index (χ3n) is 6.42. The van der Waals surface area contributed by atoms with Gasteiger partial charge >= 0.3 is 18.8 Å². The lowest BCUT2D eigenvalue weighted by molar-refractivity contribution is -0.242. The number of carbonyl (C=O) groups excluding carboxylic acids is 1. The van der Waals surface area contributed by atoms with Crippen molar-refractivity contribution in [2.75, 3.05) is 21.1 Å². The number of aryl methyl sites for hydroxylation is 1. The molecule has 0 spiro atoms. The number of hydrogen-bond donors (Lipinski definition) is 1. The Morgan fingerprint density at radius 3 is 2.37 bits per heavy atom. The van der Waals surface area contributed by atoms with E-state index in [4.69, 9.17) is 4.74 Å². The van der Waals surface area contributed by atoms with Crippen LogP contribution in [0.5, 0.6) is 5.75 Å². The van der Waals surface area contributed by atoms with Crippen molar-refractivity contribution >= 4 is 37.3 Å². The Morgan fingerprint density at radius 1 is 1.20 bits per heavy atom. The summed E-state index contributed by atoms with van der Waals surface area (Å²) < 4.78 is 129. The number of halogens is 5. The number of aromatic nitrogens is 2. The van der Waals surface area contributed by atoms with E-state index in [-0.39, 0.29) is 45.4 Å². The summed E-state index contributed by atoms with van der Waals surface area (Å²) in [6.07, 6.45) is -6.83. The van der Waals surface area contributed by atoms with Crippen LogP contribution in [0.3, 0.4) is 0 Å². The minimum Gasteiger partial charge on any atom is -0.486 e. The third kappa shape index (κ3) is 6.85. The molecule has 2 atom stereocenters. The largest absolute Gasteiger partial charge is 0.486 e. The van der Waals surface area contributed by atoms with Crippen LogP contribution >= 0.6 is 0 Å². The van der Waals surface area contributed by atoms with Crippen molar-refractivity contribution in [3.05, 3.63) is 30.1 Å². The van der Waals surface area contributed by atoms with Gasteiger partial charge in [0.1, 0.15) is 26.6 Å². The zero-order chi connectivity index (χ0) is 31.1. The minimum absolute atomic E-state index is 0.0704. The van der Waals surface area contributed by atoms with Gasteiger partial charge in [-0.05, 0) is 45.9 Å². The predicted molar refractivity (Wildman–Crippen MR) is 137 cm³/mol. The van der Waals surface area contributed by atoms with Crippen LogP contribution in [0.1, 0.15) is 46.4 Å². The van der Waals surface area contributed by atoms with E-state index in [0.717, 1.165) is 10.4 Å². The molecule has 230 valence electrons. The molecular weight excluding hydrogens is 603 g/mol. The number of nitrogens with zero attached hydrogens (tertiary/aromatic N) is 3. The van der Waals surface area contributed by atoms with E-state index >= 15 is 0 Å². The smallest absolute Gasteiger partial charge is 0.427 e. The van der Waals surface area contributed by atoms with Crippen LogP contribution in [-0.2, 0) is 24.6 Å². The van der Waals surface area contributed by atoms with E-state index in [1.165, 1.54) is 32.9 Å². The van der Waals surface area contributed by atoms with E-state index in [0.29, 0.717) is 20.0 Å². The van der Waals surface area contributed by atoms with Crippen molar-refractivity contribution in [3.8, 4) is 5.75 Å². The molecule has 0 bridgehead atoms. The molecule has 2 aromatic rings. The molecule has 0 saturated carbocycles. The number of benzene rings is 1. The van der Waals surface area contributed by atoms with Crippen molar-refractivity contribution < 1.29 is 53.1 Å². The minimum atomic E-state index is -4.88. The summed E-state index contributed by atoms with van der Waals surface area (Å²) in [5.74, 6) is -0.557. The zero-order valence-corrected chi connectivity index (χ0v) is 24.2. The van der Waals surface area contributed by atoms with Crippen molar-refractivity contribution in [3.63, 3.8) is 0 Å². The number of carbonyl (C=O) groups is 1. The van der Waals surface area contributed by atoms with Gasteiger partial charge in [0, 0.05) is 17.9 Å². The summed E-state index contributed by atoms with van der Waals surface area (Å²) in [7, 11) is -8.13. The molecule has 0 unspecified atom stereocenters. The molecule has 0 aliphatic carbocycles. The molecule has 18 heteroatoms. The lowest BCUT2D eigenvalue weighted by Crippen LogP contribution is -2.51.